The molecule has 3 rings (SSSR count). The Labute approximate surface area is 114 Å². The Morgan fingerprint density at radius 3 is 2.35 bits per heavy atom. The van der Waals surface area contributed by atoms with E-state index in [9.17, 15) is 18.0 Å². The third-order valence-corrected chi connectivity index (χ3v) is 4.74. The number of amides is 1. The van der Waals surface area contributed by atoms with Crippen LogP contribution in [-0.2, 0) is 4.74 Å². The first-order chi connectivity index (χ1) is 9.25. The predicted molar refractivity (Wildman–Crippen MR) is 62.4 cm³/mol. The van der Waals surface area contributed by atoms with Crippen molar-refractivity contribution in [2.75, 3.05) is 32.8 Å². The second-order valence-electron chi connectivity index (χ2n) is 6.37. The smallest absolute Gasteiger partial charge is 0.411 e. The zero-order valence-electron chi connectivity index (χ0n) is 10.9. The molecule has 2 saturated heterocycles. The number of hydrogen-bond donors (Lipinski definition) is 2. The Morgan fingerprint density at radius 1 is 1.35 bits per heavy atom. The molecule has 8 heteroatoms. The van der Waals surface area contributed by atoms with E-state index in [0.717, 1.165) is 12.8 Å². The van der Waals surface area contributed by atoms with Gasteiger partial charge in [0.05, 0.1) is 13.2 Å². The number of nitrogens with one attached hydrogen (secondary N) is 1. The van der Waals surface area contributed by atoms with E-state index in [-0.39, 0.29) is 24.5 Å². The lowest BCUT2D eigenvalue weighted by Crippen LogP contribution is -2.71. The summed E-state index contributed by atoms with van der Waals surface area (Å²) < 4.78 is 43.4. The largest absolute Gasteiger partial charge is 0.465 e. The Hall–Kier alpha value is -1.02. The van der Waals surface area contributed by atoms with E-state index in [1.807, 2.05) is 0 Å². The molecule has 2 N–H and O–H groups in total. The molecule has 0 aromatic carbocycles. The number of halogens is 3. The van der Waals surface area contributed by atoms with Crippen LogP contribution in [0.3, 0.4) is 0 Å². The van der Waals surface area contributed by atoms with E-state index in [2.05, 4.69) is 5.32 Å². The summed E-state index contributed by atoms with van der Waals surface area (Å²) in [6, 6.07) is 0. The Morgan fingerprint density at radius 2 is 1.95 bits per heavy atom. The molecule has 1 spiro atoms. The fraction of sp³-hybridized carbons (Fsp3) is 0.917. The van der Waals surface area contributed by atoms with E-state index in [4.69, 9.17) is 9.84 Å². The number of rotatable bonds is 3. The minimum absolute atomic E-state index is 0.0340. The predicted octanol–water partition coefficient (Wildman–Crippen LogP) is 1.30. The monoisotopic (exact) mass is 294 g/mol. The third-order valence-electron chi connectivity index (χ3n) is 4.74. The number of carboxylic acid groups (broad SMARTS) is 1. The van der Waals surface area contributed by atoms with Crippen LogP contribution in [0.25, 0.3) is 0 Å². The molecule has 1 saturated carbocycles. The minimum Gasteiger partial charge on any atom is -0.465 e. The van der Waals surface area contributed by atoms with Crippen molar-refractivity contribution in [2.45, 2.75) is 24.6 Å². The van der Waals surface area contributed by atoms with Crippen molar-refractivity contribution in [3.05, 3.63) is 0 Å². The fourth-order valence-corrected chi connectivity index (χ4v) is 3.48. The van der Waals surface area contributed by atoms with Crippen LogP contribution in [-0.4, -0.2) is 60.7 Å². The van der Waals surface area contributed by atoms with E-state index in [0.29, 0.717) is 19.6 Å². The van der Waals surface area contributed by atoms with Crippen LogP contribution in [0.15, 0.2) is 0 Å². The number of carbonyl (C=O) groups is 1. The van der Waals surface area contributed by atoms with Gasteiger partial charge in [0.15, 0.2) is 5.54 Å². The van der Waals surface area contributed by atoms with Crippen LogP contribution in [0, 0.1) is 11.3 Å². The summed E-state index contributed by atoms with van der Waals surface area (Å²) in [6.45, 7) is 0.721. The summed E-state index contributed by atoms with van der Waals surface area (Å²) in [4.78, 5) is 12.0. The summed E-state index contributed by atoms with van der Waals surface area (Å²) in [7, 11) is 0. The molecule has 3 aliphatic rings. The van der Waals surface area contributed by atoms with Gasteiger partial charge in [0, 0.05) is 18.5 Å². The maximum absolute atomic E-state index is 12.9. The number of alkyl halides is 3. The molecular formula is C12H17F3N2O3. The molecule has 0 radical (unpaired) electrons. The lowest BCUT2D eigenvalue weighted by molar-refractivity contribution is -0.269. The maximum atomic E-state index is 12.9. The maximum Gasteiger partial charge on any atom is 0.411 e. The topological polar surface area (TPSA) is 61.8 Å². The average molecular weight is 294 g/mol. The molecular weight excluding hydrogens is 277 g/mol. The van der Waals surface area contributed by atoms with Gasteiger partial charge >= 0.3 is 12.3 Å². The molecule has 2 aliphatic heterocycles. The average Bonchev–Trinajstić information content (AvgIpc) is 2.12. The molecule has 0 atom stereocenters. The zero-order valence-corrected chi connectivity index (χ0v) is 10.9. The normalized spacial score (nSPS) is 27.6. The van der Waals surface area contributed by atoms with Crippen molar-refractivity contribution in [1.29, 1.82) is 0 Å². The van der Waals surface area contributed by atoms with Crippen LogP contribution >= 0.6 is 0 Å². The van der Waals surface area contributed by atoms with Crippen molar-refractivity contribution in [3.8, 4) is 0 Å². The van der Waals surface area contributed by atoms with Crippen LogP contribution < -0.4 is 5.32 Å². The van der Waals surface area contributed by atoms with Crippen LogP contribution in [0.5, 0.6) is 0 Å². The Bertz CT molecular complexity index is 409. The van der Waals surface area contributed by atoms with Gasteiger partial charge in [-0.05, 0) is 25.3 Å². The number of nitrogens with zero attached hydrogens (tertiary/aromatic N) is 1. The number of likely N-dealkylation sites (tertiary alicyclic amines) is 1. The highest BCUT2D eigenvalue weighted by Crippen LogP contribution is 2.52. The summed E-state index contributed by atoms with van der Waals surface area (Å²) in [5.41, 5.74) is -1.84. The lowest BCUT2D eigenvalue weighted by Gasteiger charge is -2.58. The number of ether oxygens (including phenoxy) is 1. The molecule has 3 fully saturated rings. The molecule has 0 bridgehead atoms. The van der Waals surface area contributed by atoms with Crippen LogP contribution in [0.1, 0.15) is 12.8 Å². The quantitative estimate of drug-likeness (QED) is 0.823. The van der Waals surface area contributed by atoms with Gasteiger partial charge in [0.2, 0.25) is 0 Å². The molecule has 5 nitrogen and oxygen atoms in total. The first-order valence-corrected chi connectivity index (χ1v) is 6.63. The molecule has 1 aliphatic carbocycles. The van der Waals surface area contributed by atoms with Crippen molar-refractivity contribution < 1.29 is 27.8 Å². The van der Waals surface area contributed by atoms with Gasteiger partial charge in [-0.1, -0.05) is 0 Å². The van der Waals surface area contributed by atoms with E-state index < -0.39 is 17.8 Å². The van der Waals surface area contributed by atoms with E-state index in [1.54, 1.807) is 0 Å². The fourth-order valence-electron chi connectivity index (χ4n) is 3.48. The Kier molecular flexibility index (Phi) is 2.95. The molecule has 0 aromatic heterocycles. The zero-order chi connectivity index (χ0) is 14.6. The highest BCUT2D eigenvalue weighted by Gasteiger charge is 2.61. The van der Waals surface area contributed by atoms with Crippen molar-refractivity contribution >= 4 is 6.09 Å². The standard InChI is InChI=1S/C12H17F3N2O3/c13-12(14,15)11(6-20-7-11)16-3-8-1-10(2-8)4-17(5-10)9(18)19/h8,16H,1-7H2,(H,18,19). The van der Waals surface area contributed by atoms with Gasteiger partial charge in [-0.3, -0.25) is 5.32 Å². The van der Waals surface area contributed by atoms with Gasteiger partial charge < -0.3 is 14.7 Å². The first-order valence-electron chi connectivity index (χ1n) is 6.63. The van der Waals surface area contributed by atoms with Gasteiger partial charge in [0.25, 0.3) is 0 Å². The Balaban J connectivity index is 1.43. The van der Waals surface area contributed by atoms with Gasteiger partial charge in [-0.25, -0.2) is 4.79 Å². The summed E-state index contributed by atoms with van der Waals surface area (Å²) in [6.07, 6.45) is -3.60. The third kappa shape index (κ3) is 2.05. The molecule has 20 heavy (non-hydrogen) atoms. The van der Waals surface area contributed by atoms with Gasteiger partial charge in [0.1, 0.15) is 0 Å². The summed E-state index contributed by atoms with van der Waals surface area (Å²) in [5, 5.41) is 11.4. The summed E-state index contributed by atoms with van der Waals surface area (Å²) >= 11 is 0. The highest BCUT2D eigenvalue weighted by molar-refractivity contribution is 5.66. The van der Waals surface area contributed by atoms with Gasteiger partial charge in [-0.2, -0.15) is 13.2 Å². The van der Waals surface area contributed by atoms with Crippen molar-refractivity contribution in [3.63, 3.8) is 0 Å². The van der Waals surface area contributed by atoms with Crippen LogP contribution in [0.2, 0.25) is 0 Å². The number of hydrogen-bond acceptors (Lipinski definition) is 3. The lowest BCUT2D eigenvalue weighted by atomic mass is 9.57. The molecule has 114 valence electrons. The van der Waals surface area contributed by atoms with Crippen molar-refractivity contribution in [2.24, 2.45) is 11.3 Å². The van der Waals surface area contributed by atoms with Gasteiger partial charge in [-0.15, -0.1) is 0 Å². The van der Waals surface area contributed by atoms with Crippen molar-refractivity contribution in [1.82, 2.24) is 10.2 Å². The second kappa shape index (κ2) is 4.24. The van der Waals surface area contributed by atoms with E-state index >= 15 is 0 Å². The van der Waals surface area contributed by atoms with E-state index in [1.165, 1.54) is 4.90 Å². The van der Waals surface area contributed by atoms with Crippen LogP contribution in [0.4, 0.5) is 18.0 Å². The second-order valence-corrected chi connectivity index (χ2v) is 6.37. The molecule has 2 heterocycles. The summed E-state index contributed by atoms with van der Waals surface area (Å²) in [5.74, 6) is 0.200. The molecule has 0 aromatic rings. The first kappa shape index (κ1) is 13.9. The minimum atomic E-state index is -4.29. The molecule has 1 amide bonds. The SMILES string of the molecule is O=C(O)N1CC2(CC(CNC3(C(F)(F)F)COC3)C2)C1. The molecule has 0 unspecified atom stereocenters. The highest BCUT2D eigenvalue weighted by atomic mass is 19.4.